The molecule has 1 aromatic rings. The third-order valence-electron chi connectivity index (χ3n) is 3.94. The molecule has 136 valence electrons. The molecule has 0 aromatic heterocycles. The molecular formula is C20H29N3OS. The molecule has 1 amide bonds. The van der Waals surface area contributed by atoms with Crippen LogP contribution in [0.25, 0.3) is 0 Å². The summed E-state index contributed by atoms with van der Waals surface area (Å²) < 4.78 is 0. The highest BCUT2D eigenvalue weighted by Gasteiger charge is 2.36. The van der Waals surface area contributed by atoms with E-state index in [0.717, 1.165) is 0 Å². The topological polar surface area (TPSA) is 67.5 Å². The number of thioether (sulfide) groups is 1. The van der Waals surface area contributed by atoms with E-state index < -0.39 is 0 Å². The van der Waals surface area contributed by atoms with E-state index in [0.29, 0.717) is 4.91 Å². The van der Waals surface area contributed by atoms with Crippen molar-refractivity contribution in [3.63, 3.8) is 0 Å². The van der Waals surface area contributed by atoms with Gasteiger partial charge < -0.3 is 11.1 Å². The summed E-state index contributed by atoms with van der Waals surface area (Å²) in [5.74, 6) is -0.129. The van der Waals surface area contributed by atoms with Crippen molar-refractivity contribution in [2.45, 2.75) is 38.5 Å². The molecule has 0 fully saturated rings. The maximum atomic E-state index is 11.0. The Morgan fingerprint density at radius 2 is 2.08 bits per heavy atom. The number of rotatable bonds is 6. The molecule has 1 aliphatic rings. The highest BCUT2D eigenvalue weighted by Crippen LogP contribution is 2.40. The van der Waals surface area contributed by atoms with Crippen LogP contribution in [0.2, 0.25) is 0 Å². The van der Waals surface area contributed by atoms with Crippen molar-refractivity contribution in [1.29, 1.82) is 0 Å². The summed E-state index contributed by atoms with van der Waals surface area (Å²) in [5.41, 5.74) is 6.68. The Bertz CT molecular complexity index is 625. The summed E-state index contributed by atoms with van der Waals surface area (Å²) in [5, 5.41) is 3.20. The number of nitrogens with two attached hydrogens (primary N) is 1. The fraction of sp³-hybridized carbons (Fsp3) is 0.400. The molecule has 0 bridgehead atoms. The van der Waals surface area contributed by atoms with Crippen molar-refractivity contribution >= 4 is 23.9 Å². The lowest BCUT2D eigenvalue weighted by Crippen LogP contribution is -2.38. The summed E-state index contributed by atoms with van der Waals surface area (Å²) in [6, 6.07) is 10.6. The second kappa shape index (κ2) is 10.8. The first-order valence-corrected chi connectivity index (χ1v) is 9.34. The van der Waals surface area contributed by atoms with E-state index in [9.17, 15) is 4.79 Å². The molecule has 2 unspecified atom stereocenters. The lowest BCUT2D eigenvalue weighted by Gasteiger charge is -2.29. The minimum atomic E-state index is -0.382. The van der Waals surface area contributed by atoms with Crippen LogP contribution in [-0.2, 0) is 11.2 Å². The predicted molar refractivity (Wildman–Crippen MR) is 110 cm³/mol. The zero-order chi connectivity index (χ0) is 18.7. The van der Waals surface area contributed by atoms with Gasteiger partial charge in [0.25, 0.3) is 5.91 Å². The predicted octanol–water partition coefficient (Wildman–Crippen LogP) is 3.90. The number of nitrogens with zero attached hydrogens (tertiary/aromatic N) is 1. The van der Waals surface area contributed by atoms with Crippen LogP contribution in [0.5, 0.6) is 0 Å². The van der Waals surface area contributed by atoms with Crippen LogP contribution in [0.3, 0.4) is 0 Å². The largest absolute Gasteiger partial charge is 0.375 e. The van der Waals surface area contributed by atoms with Gasteiger partial charge in [0.05, 0.1) is 9.78 Å². The van der Waals surface area contributed by atoms with Crippen molar-refractivity contribution in [3.8, 4) is 0 Å². The van der Waals surface area contributed by atoms with Gasteiger partial charge in [0, 0.05) is 25.4 Å². The SMILES string of the molecule is CCCc1ccccc1.CN=C/C=C\C(C)C1(C)NC=C(C(N)=O)S1. The molecule has 4 nitrogen and oxygen atoms in total. The fourth-order valence-corrected chi connectivity index (χ4v) is 3.32. The van der Waals surface area contributed by atoms with Gasteiger partial charge in [0.1, 0.15) is 0 Å². The summed E-state index contributed by atoms with van der Waals surface area (Å²) >= 11 is 1.47. The monoisotopic (exact) mass is 359 g/mol. The van der Waals surface area contributed by atoms with Crippen LogP contribution < -0.4 is 11.1 Å². The van der Waals surface area contributed by atoms with E-state index in [1.165, 1.54) is 30.2 Å². The second-order valence-electron chi connectivity index (χ2n) is 6.04. The van der Waals surface area contributed by atoms with Crippen molar-refractivity contribution in [3.05, 3.63) is 59.2 Å². The van der Waals surface area contributed by atoms with E-state index in [4.69, 9.17) is 5.73 Å². The molecular weight excluding hydrogens is 330 g/mol. The average Bonchev–Trinajstić information content (AvgIpc) is 3.01. The average molecular weight is 360 g/mol. The third kappa shape index (κ3) is 7.18. The Labute approximate surface area is 155 Å². The number of hydrogen-bond acceptors (Lipinski definition) is 4. The zero-order valence-electron chi connectivity index (χ0n) is 15.5. The molecule has 2 rings (SSSR count). The summed E-state index contributed by atoms with van der Waals surface area (Å²) in [7, 11) is 1.73. The van der Waals surface area contributed by atoms with Gasteiger partial charge in [-0.1, -0.05) is 68.4 Å². The standard InChI is InChI=1S/C11H17N3OS.C9H12/c1-8(5-4-6-13-3)11(2)14-7-9(16-11)10(12)15;1-2-6-9-7-4-3-5-8-9/h4-8,14H,1-3H3,(H2,12,15);3-5,7-8H,2,6H2,1H3/b5-4-,13-6?;. The Morgan fingerprint density at radius 3 is 2.60 bits per heavy atom. The van der Waals surface area contributed by atoms with Crippen LogP contribution in [0, 0.1) is 5.92 Å². The van der Waals surface area contributed by atoms with E-state index >= 15 is 0 Å². The van der Waals surface area contributed by atoms with Gasteiger partial charge in [0.2, 0.25) is 0 Å². The van der Waals surface area contributed by atoms with Crippen molar-refractivity contribution in [2.24, 2.45) is 16.6 Å². The minimum Gasteiger partial charge on any atom is -0.375 e. The Balaban J connectivity index is 0.000000293. The molecule has 0 spiro atoms. The Kier molecular flexibility index (Phi) is 9.06. The van der Waals surface area contributed by atoms with Crippen LogP contribution in [0.4, 0.5) is 0 Å². The molecule has 3 N–H and O–H groups in total. The van der Waals surface area contributed by atoms with E-state index in [2.05, 4.69) is 54.5 Å². The number of aryl methyl sites for hydroxylation is 1. The minimum absolute atomic E-state index is 0.220. The third-order valence-corrected chi connectivity index (χ3v) is 5.39. The Morgan fingerprint density at radius 1 is 1.40 bits per heavy atom. The van der Waals surface area contributed by atoms with Crippen LogP contribution in [-0.4, -0.2) is 24.0 Å². The number of carbonyl (C=O) groups excluding carboxylic acids is 1. The smallest absolute Gasteiger partial charge is 0.256 e. The van der Waals surface area contributed by atoms with Crippen LogP contribution in [0.1, 0.15) is 32.8 Å². The summed E-state index contributed by atoms with van der Waals surface area (Å²) in [6.07, 6.45) is 9.82. The quantitative estimate of drug-likeness (QED) is 0.757. The Hall–Kier alpha value is -2.01. The molecule has 0 saturated heterocycles. The number of aliphatic imine (C=N–C) groups is 1. The van der Waals surface area contributed by atoms with Gasteiger partial charge in [-0.05, 0) is 25.0 Å². The first kappa shape index (κ1) is 21.0. The van der Waals surface area contributed by atoms with Gasteiger partial charge >= 0.3 is 0 Å². The van der Waals surface area contributed by atoms with Crippen molar-refractivity contribution < 1.29 is 4.79 Å². The molecule has 0 saturated carbocycles. The normalized spacial score (nSPS) is 20.7. The van der Waals surface area contributed by atoms with Crippen molar-refractivity contribution in [1.82, 2.24) is 5.32 Å². The number of allylic oxidation sites excluding steroid dienone is 1. The molecule has 0 radical (unpaired) electrons. The highest BCUT2D eigenvalue weighted by molar-refractivity contribution is 8.05. The van der Waals surface area contributed by atoms with Gasteiger partial charge in [-0.15, -0.1) is 0 Å². The number of nitrogens with one attached hydrogen (secondary N) is 1. The van der Waals surface area contributed by atoms with Crippen molar-refractivity contribution in [2.75, 3.05) is 7.05 Å². The van der Waals surface area contributed by atoms with E-state index in [1.54, 1.807) is 19.5 Å². The molecule has 1 heterocycles. The first-order valence-electron chi connectivity index (χ1n) is 8.52. The van der Waals surface area contributed by atoms with Gasteiger partial charge in [-0.25, -0.2) is 0 Å². The molecule has 1 aromatic carbocycles. The number of hydrogen-bond donors (Lipinski definition) is 2. The fourth-order valence-electron chi connectivity index (χ4n) is 2.26. The van der Waals surface area contributed by atoms with Gasteiger partial charge in [0.15, 0.2) is 0 Å². The lowest BCUT2D eigenvalue weighted by atomic mass is 10.0. The van der Waals surface area contributed by atoms with Crippen LogP contribution in [0.15, 0.2) is 58.6 Å². The molecule has 0 aliphatic carbocycles. The summed E-state index contributed by atoms with van der Waals surface area (Å²) in [6.45, 7) is 6.33. The zero-order valence-corrected chi connectivity index (χ0v) is 16.3. The van der Waals surface area contributed by atoms with Gasteiger partial charge in [-0.2, -0.15) is 0 Å². The molecule has 5 heteroatoms. The van der Waals surface area contributed by atoms with Gasteiger partial charge in [-0.3, -0.25) is 9.79 Å². The number of amides is 1. The first-order chi connectivity index (χ1) is 11.9. The lowest BCUT2D eigenvalue weighted by molar-refractivity contribution is -0.113. The van der Waals surface area contributed by atoms with E-state index in [1.807, 2.05) is 19.1 Å². The molecule has 2 atom stereocenters. The van der Waals surface area contributed by atoms with E-state index in [-0.39, 0.29) is 16.7 Å². The molecule has 1 aliphatic heterocycles. The summed E-state index contributed by atoms with van der Waals surface area (Å²) in [4.78, 5) is 15.3. The second-order valence-corrected chi connectivity index (χ2v) is 7.53. The maximum Gasteiger partial charge on any atom is 0.256 e. The maximum absolute atomic E-state index is 11.0. The number of carbonyl (C=O) groups is 1. The highest BCUT2D eigenvalue weighted by atomic mass is 32.2. The van der Waals surface area contributed by atoms with Crippen LogP contribution >= 0.6 is 11.8 Å². The molecule has 25 heavy (non-hydrogen) atoms. The number of primary amides is 1. The number of benzene rings is 1.